The van der Waals surface area contributed by atoms with Crippen molar-refractivity contribution < 1.29 is 5.11 Å². The molecule has 1 aliphatic carbocycles. The largest absolute Gasteiger partial charge is 0.388 e. The third kappa shape index (κ3) is 1.32. The van der Waals surface area contributed by atoms with Gasteiger partial charge in [-0.2, -0.15) is 0 Å². The zero-order valence-corrected chi connectivity index (χ0v) is 6.85. The SMILES string of the molecule is CNCC1(O)CCCC1C. The molecule has 0 amide bonds. The van der Waals surface area contributed by atoms with Crippen molar-refractivity contribution in [2.75, 3.05) is 13.6 Å². The maximum Gasteiger partial charge on any atom is 0.0796 e. The predicted octanol–water partition coefficient (Wildman–Crippen LogP) is 0.757. The molecule has 0 saturated heterocycles. The summed E-state index contributed by atoms with van der Waals surface area (Å²) >= 11 is 0. The van der Waals surface area contributed by atoms with Crippen LogP contribution in [-0.4, -0.2) is 24.3 Å². The lowest BCUT2D eigenvalue weighted by molar-refractivity contribution is 0.0117. The van der Waals surface area contributed by atoms with Crippen molar-refractivity contribution in [3.8, 4) is 0 Å². The van der Waals surface area contributed by atoms with E-state index in [-0.39, 0.29) is 0 Å². The van der Waals surface area contributed by atoms with Crippen molar-refractivity contribution >= 4 is 0 Å². The van der Waals surface area contributed by atoms with Gasteiger partial charge < -0.3 is 10.4 Å². The fourth-order valence-corrected chi connectivity index (χ4v) is 1.80. The number of hydrogen-bond acceptors (Lipinski definition) is 2. The summed E-state index contributed by atoms with van der Waals surface area (Å²) in [4.78, 5) is 0. The topological polar surface area (TPSA) is 32.3 Å². The molecular formula is C8H17NO. The molecule has 2 atom stereocenters. The Balaban J connectivity index is 2.48. The Morgan fingerprint density at radius 2 is 2.40 bits per heavy atom. The van der Waals surface area contributed by atoms with Crippen molar-refractivity contribution in [1.29, 1.82) is 0 Å². The number of likely N-dealkylation sites (N-methyl/N-ethyl adjacent to an activating group) is 1. The summed E-state index contributed by atoms with van der Waals surface area (Å²) in [6, 6.07) is 0. The van der Waals surface area contributed by atoms with E-state index in [0.29, 0.717) is 5.92 Å². The molecule has 0 spiro atoms. The average molecular weight is 143 g/mol. The van der Waals surface area contributed by atoms with Crippen molar-refractivity contribution in [3.63, 3.8) is 0 Å². The second-order valence-electron chi connectivity index (χ2n) is 3.43. The summed E-state index contributed by atoms with van der Waals surface area (Å²) in [7, 11) is 1.89. The van der Waals surface area contributed by atoms with Gasteiger partial charge in [0.15, 0.2) is 0 Å². The Kier molecular flexibility index (Phi) is 2.32. The Morgan fingerprint density at radius 3 is 2.80 bits per heavy atom. The minimum Gasteiger partial charge on any atom is -0.388 e. The Morgan fingerprint density at radius 1 is 1.70 bits per heavy atom. The van der Waals surface area contributed by atoms with Crippen LogP contribution in [0.5, 0.6) is 0 Å². The monoisotopic (exact) mass is 143 g/mol. The number of rotatable bonds is 2. The number of hydrogen-bond donors (Lipinski definition) is 2. The molecule has 0 radical (unpaired) electrons. The van der Waals surface area contributed by atoms with Crippen LogP contribution in [0, 0.1) is 5.92 Å². The highest BCUT2D eigenvalue weighted by Crippen LogP contribution is 2.34. The van der Waals surface area contributed by atoms with Crippen LogP contribution in [0.25, 0.3) is 0 Å². The highest BCUT2D eigenvalue weighted by Gasteiger charge is 2.37. The van der Waals surface area contributed by atoms with Gasteiger partial charge in [-0.25, -0.2) is 0 Å². The van der Waals surface area contributed by atoms with Crippen molar-refractivity contribution in [3.05, 3.63) is 0 Å². The normalized spacial score (nSPS) is 40.5. The average Bonchev–Trinajstić information content (AvgIpc) is 2.15. The minimum absolute atomic E-state index is 0.408. The van der Waals surface area contributed by atoms with Gasteiger partial charge in [0.2, 0.25) is 0 Å². The maximum absolute atomic E-state index is 9.90. The van der Waals surface area contributed by atoms with E-state index in [9.17, 15) is 5.11 Å². The van der Waals surface area contributed by atoms with E-state index < -0.39 is 5.60 Å². The predicted molar refractivity (Wildman–Crippen MR) is 41.9 cm³/mol. The summed E-state index contributed by atoms with van der Waals surface area (Å²) in [5.41, 5.74) is -0.408. The molecule has 1 saturated carbocycles. The van der Waals surface area contributed by atoms with Crippen LogP contribution < -0.4 is 5.32 Å². The summed E-state index contributed by atoms with van der Waals surface area (Å²) in [5.74, 6) is 0.472. The molecule has 1 rings (SSSR count). The lowest BCUT2D eigenvalue weighted by Gasteiger charge is -2.26. The Hall–Kier alpha value is -0.0800. The second kappa shape index (κ2) is 2.89. The molecule has 0 aromatic carbocycles. The van der Waals surface area contributed by atoms with E-state index in [0.717, 1.165) is 13.0 Å². The molecule has 1 fully saturated rings. The number of aliphatic hydroxyl groups is 1. The quantitative estimate of drug-likeness (QED) is 0.598. The van der Waals surface area contributed by atoms with Gasteiger partial charge in [-0.05, 0) is 25.8 Å². The molecular weight excluding hydrogens is 126 g/mol. The van der Waals surface area contributed by atoms with Crippen molar-refractivity contribution in [2.45, 2.75) is 31.8 Å². The van der Waals surface area contributed by atoms with Crippen LogP contribution in [-0.2, 0) is 0 Å². The zero-order valence-electron chi connectivity index (χ0n) is 6.85. The van der Waals surface area contributed by atoms with E-state index in [1.165, 1.54) is 12.8 Å². The molecule has 0 aromatic rings. The first-order valence-electron chi connectivity index (χ1n) is 4.06. The number of nitrogens with one attached hydrogen (secondary N) is 1. The van der Waals surface area contributed by atoms with Crippen molar-refractivity contribution in [1.82, 2.24) is 5.32 Å². The van der Waals surface area contributed by atoms with E-state index in [2.05, 4.69) is 12.2 Å². The summed E-state index contributed by atoms with van der Waals surface area (Å²) < 4.78 is 0. The van der Waals surface area contributed by atoms with Crippen molar-refractivity contribution in [2.24, 2.45) is 5.92 Å². The molecule has 0 heterocycles. The first-order chi connectivity index (χ1) is 4.69. The molecule has 60 valence electrons. The molecule has 2 N–H and O–H groups in total. The molecule has 1 aliphatic rings. The Labute approximate surface area is 62.6 Å². The molecule has 0 aliphatic heterocycles. The molecule has 0 aromatic heterocycles. The third-order valence-corrected chi connectivity index (χ3v) is 2.65. The fraction of sp³-hybridized carbons (Fsp3) is 1.00. The van der Waals surface area contributed by atoms with E-state index in [1.54, 1.807) is 0 Å². The van der Waals surface area contributed by atoms with Crippen LogP contribution in [0.4, 0.5) is 0 Å². The molecule has 2 heteroatoms. The highest BCUT2D eigenvalue weighted by atomic mass is 16.3. The van der Waals surface area contributed by atoms with Gasteiger partial charge in [0, 0.05) is 6.54 Å². The van der Waals surface area contributed by atoms with Crippen LogP contribution >= 0.6 is 0 Å². The first-order valence-corrected chi connectivity index (χ1v) is 4.06. The van der Waals surface area contributed by atoms with Crippen LogP contribution in [0.3, 0.4) is 0 Å². The van der Waals surface area contributed by atoms with Gasteiger partial charge >= 0.3 is 0 Å². The molecule has 10 heavy (non-hydrogen) atoms. The van der Waals surface area contributed by atoms with Gasteiger partial charge in [0.25, 0.3) is 0 Å². The lowest BCUT2D eigenvalue weighted by atomic mass is 9.93. The van der Waals surface area contributed by atoms with Gasteiger partial charge in [-0.1, -0.05) is 13.3 Å². The highest BCUT2D eigenvalue weighted by molar-refractivity contribution is 4.91. The molecule has 0 bridgehead atoms. The van der Waals surface area contributed by atoms with E-state index in [1.807, 2.05) is 7.05 Å². The molecule has 2 unspecified atom stereocenters. The van der Waals surface area contributed by atoms with Crippen LogP contribution in [0.15, 0.2) is 0 Å². The second-order valence-corrected chi connectivity index (χ2v) is 3.43. The summed E-state index contributed by atoms with van der Waals surface area (Å²) in [6.45, 7) is 2.87. The van der Waals surface area contributed by atoms with E-state index >= 15 is 0 Å². The summed E-state index contributed by atoms with van der Waals surface area (Å²) in [5, 5.41) is 12.9. The van der Waals surface area contributed by atoms with Crippen LogP contribution in [0.2, 0.25) is 0 Å². The van der Waals surface area contributed by atoms with Gasteiger partial charge in [0.1, 0.15) is 0 Å². The zero-order chi connectivity index (χ0) is 7.61. The standard InChI is InChI=1S/C8H17NO/c1-7-4-3-5-8(7,10)6-9-2/h7,9-10H,3-6H2,1-2H3. The minimum atomic E-state index is -0.408. The van der Waals surface area contributed by atoms with Crippen LogP contribution in [0.1, 0.15) is 26.2 Å². The maximum atomic E-state index is 9.90. The van der Waals surface area contributed by atoms with Gasteiger partial charge in [0.05, 0.1) is 5.60 Å². The first kappa shape index (κ1) is 8.02. The van der Waals surface area contributed by atoms with Gasteiger partial charge in [-0.3, -0.25) is 0 Å². The third-order valence-electron chi connectivity index (χ3n) is 2.65. The smallest absolute Gasteiger partial charge is 0.0796 e. The summed E-state index contributed by atoms with van der Waals surface area (Å²) in [6.07, 6.45) is 3.33. The van der Waals surface area contributed by atoms with Gasteiger partial charge in [-0.15, -0.1) is 0 Å². The fourth-order valence-electron chi connectivity index (χ4n) is 1.80. The Bertz CT molecular complexity index is 116. The van der Waals surface area contributed by atoms with E-state index in [4.69, 9.17) is 0 Å². The lowest BCUT2D eigenvalue weighted by Crippen LogP contribution is -2.41. The molecule has 2 nitrogen and oxygen atoms in total.